The van der Waals surface area contributed by atoms with Crippen molar-refractivity contribution in [3.63, 3.8) is 0 Å². The van der Waals surface area contributed by atoms with Gasteiger partial charge in [0.15, 0.2) is 0 Å². The van der Waals surface area contributed by atoms with Crippen LogP contribution in [0.5, 0.6) is 0 Å². The molecule has 0 radical (unpaired) electrons. The SMILES string of the molecule is O=C(Nc1ccc(I)cc1)NC1(C(=O)O)CCCCC1. The van der Waals surface area contributed by atoms with Crippen LogP contribution in [0.3, 0.4) is 0 Å². The Morgan fingerprint density at radius 2 is 1.70 bits per heavy atom. The molecule has 6 heteroatoms. The number of carboxylic acid groups (broad SMARTS) is 1. The molecule has 2 amide bonds. The number of urea groups is 1. The normalized spacial score (nSPS) is 17.2. The van der Waals surface area contributed by atoms with Crippen LogP contribution in [0.25, 0.3) is 0 Å². The van der Waals surface area contributed by atoms with Crippen LogP contribution in [-0.4, -0.2) is 22.6 Å². The molecule has 1 fully saturated rings. The van der Waals surface area contributed by atoms with Gasteiger partial charge in [-0.05, 0) is 59.7 Å². The molecular weight excluding hydrogens is 371 g/mol. The van der Waals surface area contributed by atoms with Crippen molar-refractivity contribution in [3.8, 4) is 0 Å². The van der Waals surface area contributed by atoms with Gasteiger partial charge < -0.3 is 15.7 Å². The number of hydrogen-bond acceptors (Lipinski definition) is 2. The summed E-state index contributed by atoms with van der Waals surface area (Å²) in [6.45, 7) is 0. The second kappa shape index (κ2) is 6.43. The topological polar surface area (TPSA) is 78.4 Å². The first kappa shape index (κ1) is 15.1. The van der Waals surface area contributed by atoms with E-state index in [0.717, 1.165) is 22.8 Å². The van der Waals surface area contributed by atoms with Gasteiger partial charge in [0.2, 0.25) is 0 Å². The summed E-state index contributed by atoms with van der Waals surface area (Å²) in [7, 11) is 0. The minimum absolute atomic E-state index is 0.462. The van der Waals surface area contributed by atoms with Gasteiger partial charge in [-0.15, -0.1) is 0 Å². The van der Waals surface area contributed by atoms with Gasteiger partial charge in [0.25, 0.3) is 0 Å². The largest absolute Gasteiger partial charge is 0.480 e. The first-order valence-electron chi connectivity index (χ1n) is 6.60. The summed E-state index contributed by atoms with van der Waals surface area (Å²) < 4.78 is 1.07. The third-order valence-electron chi connectivity index (χ3n) is 3.57. The second-order valence-corrected chi connectivity index (χ2v) is 6.28. The molecule has 2 rings (SSSR count). The lowest BCUT2D eigenvalue weighted by atomic mass is 9.82. The van der Waals surface area contributed by atoms with Crippen LogP contribution in [0.4, 0.5) is 10.5 Å². The third kappa shape index (κ3) is 3.62. The Balaban J connectivity index is 2.01. The molecule has 0 heterocycles. The second-order valence-electron chi connectivity index (χ2n) is 5.03. The van der Waals surface area contributed by atoms with Crippen molar-refractivity contribution in [1.82, 2.24) is 5.32 Å². The average molecular weight is 388 g/mol. The molecule has 108 valence electrons. The molecule has 0 aromatic heterocycles. The van der Waals surface area contributed by atoms with Gasteiger partial charge in [-0.2, -0.15) is 0 Å². The Labute approximate surface area is 131 Å². The van der Waals surface area contributed by atoms with Crippen LogP contribution in [0.2, 0.25) is 0 Å². The first-order valence-corrected chi connectivity index (χ1v) is 7.68. The van der Waals surface area contributed by atoms with E-state index in [0.29, 0.717) is 18.5 Å². The van der Waals surface area contributed by atoms with Gasteiger partial charge >= 0.3 is 12.0 Å². The van der Waals surface area contributed by atoms with E-state index in [2.05, 4.69) is 33.2 Å². The van der Waals surface area contributed by atoms with Crippen molar-refractivity contribution in [1.29, 1.82) is 0 Å². The number of aliphatic carboxylic acids is 1. The number of nitrogens with one attached hydrogen (secondary N) is 2. The number of carbonyl (C=O) groups excluding carboxylic acids is 1. The Morgan fingerprint density at radius 3 is 2.25 bits per heavy atom. The highest BCUT2D eigenvalue weighted by Crippen LogP contribution is 2.28. The molecule has 3 N–H and O–H groups in total. The maximum Gasteiger partial charge on any atom is 0.329 e. The highest BCUT2D eigenvalue weighted by molar-refractivity contribution is 14.1. The lowest BCUT2D eigenvalue weighted by Gasteiger charge is -2.33. The van der Waals surface area contributed by atoms with E-state index in [1.165, 1.54) is 0 Å². The minimum atomic E-state index is -1.12. The number of amides is 2. The summed E-state index contributed by atoms with van der Waals surface area (Å²) in [5.74, 6) is -0.949. The molecule has 20 heavy (non-hydrogen) atoms. The summed E-state index contributed by atoms with van der Waals surface area (Å²) in [5.41, 5.74) is -0.467. The standard InChI is InChI=1S/C14H17IN2O3/c15-10-4-6-11(7-5-10)16-13(20)17-14(12(18)19)8-2-1-3-9-14/h4-7H,1-3,8-9H2,(H,18,19)(H2,16,17,20). The summed E-state index contributed by atoms with van der Waals surface area (Å²) in [6, 6.07) is 6.87. The van der Waals surface area contributed by atoms with E-state index in [9.17, 15) is 14.7 Å². The molecule has 1 aromatic carbocycles. The number of carbonyl (C=O) groups is 2. The lowest BCUT2D eigenvalue weighted by molar-refractivity contribution is -0.145. The maximum absolute atomic E-state index is 12.0. The fraction of sp³-hybridized carbons (Fsp3) is 0.429. The van der Waals surface area contributed by atoms with Crippen molar-refractivity contribution in [2.45, 2.75) is 37.6 Å². The van der Waals surface area contributed by atoms with Gasteiger partial charge in [-0.25, -0.2) is 9.59 Å². The number of carboxylic acids is 1. The molecule has 0 saturated heterocycles. The quantitative estimate of drug-likeness (QED) is 0.696. The summed E-state index contributed by atoms with van der Waals surface area (Å²) in [5, 5.41) is 14.7. The zero-order valence-corrected chi connectivity index (χ0v) is 13.1. The van der Waals surface area contributed by atoms with Crippen molar-refractivity contribution >= 4 is 40.3 Å². The number of benzene rings is 1. The van der Waals surface area contributed by atoms with E-state index in [4.69, 9.17) is 0 Å². The van der Waals surface area contributed by atoms with Gasteiger partial charge in [0, 0.05) is 9.26 Å². The Kier molecular flexibility index (Phi) is 4.85. The molecule has 5 nitrogen and oxygen atoms in total. The van der Waals surface area contributed by atoms with Gasteiger partial charge in [-0.3, -0.25) is 0 Å². The highest BCUT2D eigenvalue weighted by atomic mass is 127. The maximum atomic E-state index is 12.0. The van der Waals surface area contributed by atoms with Crippen LogP contribution < -0.4 is 10.6 Å². The molecule has 0 unspecified atom stereocenters. The molecule has 0 spiro atoms. The molecule has 1 saturated carbocycles. The Hall–Kier alpha value is -1.31. The van der Waals surface area contributed by atoms with Crippen molar-refractivity contribution in [3.05, 3.63) is 27.8 Å². The average Bonchev–Trinajstić information content (AvgIpc) is 2.42. The number of hydrogen-bond donors (Lipinski definition) is 3. The minimum Gasteiger partial charge on any atom is -0.480 e. The first-order chi connectivity index (χ1) is 9.52. The van der Waals surface area contributed by atoms with Crippen molar-refractivity contribution < 1.29 is 14.7 Å². The van der Waals surface area contributed by atoms with E-state index < -0.39 is 17.5 Å². The van der Waals surface area contributed by atoms with Crippen LogP contribution >= 0.6 is 22.6 Å². The molecule has 0 aliphatic heterocycles. The molecule has 0 atom stereocenters. The van der Waals surface area contributed by atoms with Crippen LogP contribution in [0, 0.1) is 3.57 Å². The fourth-order valence-electron chi connectivity index (χ4n) is 2.46. The van der Waals surface area contributed by atoms with E-state index in [-0.39, 0.29) is 0 Å². The fourth-order valence-corrected chi connectivity index (χ4v) is 2.82. The number of rotatable bonds is 3. The van der Waals surface area contributed by atoms with Gasteiger partial charge in [-0.1, -0.05) is 19.3 Å². The summed E-state index contributed by atoms with van der Waals surface area (Å²) >= 11 is 2.18. The molecular formula is C14H17IN2O3. The van der Waals surface area contributed by atoms with Gasteiger partial charge in [0.05, 0.1) is 0 Å². The monoisotopic (exact) mass is 388 g/mol. The van der Waals surface area contributed by atoms with E-state index >= 15 is 0 Å². The molecule has 1 aromatic rings. The summed E-state index contributed by atoms with van der Waals surface area (Å²) in [6.07, 6.45) is 3.66. The predicted molar refractivity (Wildman–Crippen MR) is 84.8 cm³/mol. The lowest BCUT2D eigenvalue weighted by Crippen LogP contribution is -2.56. The smallest absolute Gasteiger partial charge is 0.329 e. The van der Waals surface area contributed by atoms with Crippen LogP contribution in [-0.2, 0) is 4.79 Å². The molecule has 0 bridgehead atoms. The van der Waals surface area contributed by atoms with E-state index in [1.54, 1.807) is 12.1 Å². The summed E-state index contributed by atoms with van der Waals surface area (Å²) in [4.78, 5) is 23.5. The highest BCUT2D eigenvalue weighted by Gasteiger charge is 2.40. The predicted octanol–water partition coefficient (Wildman–Crippen LogP) is 3.20. The Morgan fingerprint density at radius 1 is 1.10 bits per heavy atom. The number of anilines is 1. The zero-order chi connectivity index (χ0) is 14.6. The zero-order valence-electron chi connectivity index (χ0n) is 11.0. The van der Waals surface area contributed by atoms with E-state index in [1.807, 2.05) is 12.1 Å². The van der Waals surface area contributed by atoms with Gasteiger partial charge in [0.1, 0.15) is 5.54 Å². The third-order valence-corrected chi connectivity index (χ3v) is 4.29. The van der Waals surface area contributed by atoms with Crippen molar-refractivity contribution in [2.24, 2.45) is 0 Å². The van der Waals surface area contributed by atoms with Crippen molar-refractivity contribution in [2.75, 3.05) is 5.32 Å². The Bertz CT molecular complexity index is 496. The van der Waals surface area contributed by atoms with Crippen LogP contribution in [0.15, 0.2) is 24.3 Å². The molecule has 1 aliphatic carbocycles. The molecule has 1 aliphatic rings. The van der Waals surface area contributed by atoms with Crippen LogP contribution in [0.1, 0.15) is 32.1 Å². The number of halogens is 1.